The van der Waals surface area contributed by atoms with Gasteiger partial charge < -0.3 is 14.6 Å². The minimum Gasteiger partial charge on any atom is -0.461 e. The number of hydrogen-bond acceptors (Lipinski definition) is 4. The number of carbonyl (C=O) groups excluding carboxylic acids is 1. The number of aliphatic hydroxyl groups excluding tert-OH is 1. The topological polar surface area (TPSA) is 55.8 Å². The Morgan fingerprint density at radius 1 is 1.33 bits per heavy atom. The molecule has 0 amide bonds. The zero-order valence-corrected chi connectivity index (χ0v) is 10.4. The van der Waals surface area contributed by atoms with Gasteiger partial charge in [-0.3, -0.25) is 4.79 Å². The van der Waals surface area contributed by atoms with Crippen molar-refractivity contribution in [2.45, 2.75) is 31.7 Å². The van der Waals surface area contributed by atoms with Crippen LogP contribution in [-0.4, -0.2) is 30.4 Å². The molecule has 98 valence electrons. The first kappa shape index (κ1) is 13.1. The Morgan fingerprint density at radius 2 is 2.06 bits per heavy atom. The molecule has 1 N–H and O–H groups in total. The SMILES string of the molecule is COC1CC(C(=O)OCc2ccccc2)CC1O. The number of ether oxygens (including phenoxy) is 2. The van der Waals surface area contributed by atoms with Gasteiger partial charge in [0, 0.05) is 7.11 Å². The lowest BCUT2D eigenvalue weighted by Gasteiger charge is -2.11. The van der Waals surface area contributed by atoms with E-state index in [2.05, 4.69) is 0 Å². The largest absolute Gasteiger partial charge is 0.461 e. The molecule has 1 aliphatic rings. The van der Waals surface area contributed by atoms with Crippen molar-refractivity contribution in [2.24, 2.45) is 5.92 Å². The number of esters is 1. The molecular weight excluding hydrogens is 232 g/mol. The third-order valence-electron chi connectivity index (χ3n) is 3.33. The lowest BCUT2D eigenvalue weighted by atomic mass is 10.1. The van der Waals surface area contributed by atoms with Crippen molar-refractivity contribution in [2.75, 3.05) is 7.11 Å². The fourth-order valence-electron chi connectivity index (χ4n) is 2.27. The molecule has 0 radical (unpaired) electrons. The Bertz CT molecular complexity index is 390. The Kier molecular flexibility index (Phi) is 4.33. The molecule has 18 heavy (non-hydrogen) atoms. The van der Waals surface area contributed by atoms with Crippen LogP contribution in [0.2, 0.25) is 0 Å². The molecule has 3 atom stereocenters. The van der Waals surface area contributed by atoms with Crippen LogP contribution in [-0.2, 0) is 20.9 Å². The maximum Gasteiger partial charge on any atom is 0.309 e. The van der Waals surface area contributed by atoms with Gasteiger partial charge in [0.05, 0.1) is 18.1 Å². The van der Waals surface area contributed by atoms with E-state index in [1.165, 1.54) is 0 Å². The van der Waals surface area contributed by atoms with Crippen molar-refractivity contribution in [3.8, 4) is 0 Å². The quantitative estimate of drug-likeness (QED) is 0.823. The van der Waals surface area contributed by atoms with Gasteiger partial charge in [-0.15, -0.1) is 0 Å². The van der Waals surface area contributed by atoms with Gasteiger partial charge in [0.2, 0.25) is 0 Å². The van der Waals surface area contributed by atoms with Crippen LogP contribution in [0.15, 0.2) is 30.3 Å². The number of rotatable bonds is 4. The van der Waals surface area contributed by atoms with E-state index in [0.717, 1.165) is 5.56 Å². The maximum absolute atomic E-state index is 11.8. The van der Waals surface area contributed by atoms with Crippen LogP contribution in [0.25, 0.3) is 0 Å². The third-order valence-corrected chi connectivity index (χ3v) is 3.33. The van der Waals surface area contributed by atoms with Crippen molar-refractivity contribution in [1.29, 1.82) is 0 Å². The lowest BCUT2D eigenvalue weighted by Crippen LogP contribution is -2.20. The van der Waals surface area contributed by atoms with Crippen molar-refractivity contribution < 1.29 is 19.4 Å². The molecule has 1 aromatic rings. The van der Waals surface area contributed by atoms with Crippen molar-refractivity contribution in [1.82, 2.24) is 0 Å². The van der Waals surface area contributed by atoms with Gasteiger partial charge in [-0.25, -0.2) is 0 Å². The van der Waals surface area contributed by atoms with Crippen LogP contribution < -0.4 is 0 Å². The average molecular weight is 250 g/mol. The summed E-state index contributed by atoms with van der Waals surface area (Å²) in [6.45, 7) is 0.282. The van der Waals surface area contributed by atoms with E-state index in [0.29, 0.717) is 12.8 Å². The second kappa shape index (κ2) is 5.98. The third kappa shape index (κ3) is 3.09. The molecule has 0 saturated heterocycles. The number of methoxy groups -OCH3 is 1. The zero-order chi connectivity index (χ0) is 13.0. The second-order valence-electron chi connectivity index (χ2n) is 4.60. The molecule has 1 saturated carbocycles. The summed E-state index contributed by atoms with van der Waals surface area (Å²) in [4.78, 5) is 11.8. The van der Waals surface area contributed by atoms with E-state index in [-0.39, 0.29) is 24.6 Å². The highest BCUT2D eigenvalue weighted by molar-refractivity contribution is 5.73. The van der Waals surface area contributed by atoms with Crippen molar-refractivity contribution >= 4 is 5.97 Å². The summed E-state index contributed by atoms with van der Waals surface area (Å²) < 4.78 is 10.4. The van der Waals surface area contributed by atoms with E-state index >= 15 is 0 Å². The molecule has 0 aliphatic heterocycles. The predicted octanol–water partition coefficient (Wildman–Crippen LogP) is 1.52. The van der Waals surface area contributed by atoms with Crippen LogP contribution in [0.5, 0.6) is 0 Å². The molecule has 1 aromatic carbocycles. The molecule has 3 unspecified atom stereocenters. The zero-order valence-electron chi connectivity index (χ0n) is 10.4. The molecule has 0 aromatic heterocycles. The highest BCUT2D eigenvalue weighted by Gasteiger charge is 2.37. The Morgan fingerprint density at radius 3 is 2.67 bits per heavy atom. The summed E-state index contributed by atoms with van der Waals surface area (Å²) >= 11 is 0. The summed E-state index contributed by atoms with van der Waals surface area (Å²) in [5.74, 6) is -0.508. The van der Waals surface area contributed by atoms with E-state index in [1.54, 1.807) is 7.11 Å². The van der Waals surface area contributed by atoms with Crippen molar-refractivity contribution in [3.63, 3.8) is 0 Å². The minimum atomic E-state index is -0.565. The van der Waals surface area contributed by atoms with Gasteiger partial charge in [0.25, 0.3) is 0 Å². The molecular formula is C14H18O4. The van der Waals surface area contributed by atoms with E-state index < -0.39 is 6.10 Å². The minimum absolute atomic E-state index is 0.251. The molecule has 4 nitrogen and oxygen atoms in total. The normalized spacial score (nSPS) is 27.1. The van der Waals surface area contributed by atoms with Crippen LogP contribution in [0.1, 0.15) is 18.4 Å². The highest BCUT2D eigenvalue weighted by atomic mass is 16.5. The average Bonchev–Trinajstić information content (AvgIpc) is 2.78. The van der Waals surface area contributed by atoms with Crippen LogP contribution >= 0.6 is 0 Å². The Hall–Kier alpha value is -1.39. The molecule has 0 spiro atoms. The second-order valence-corrected chi connectivity index (χ2v) is 4.60. The van der Waals surface area contributed by atoms with Crippen molar-refractivity contribution in [3.05, 3.63) is 35.9 Å². The van der Waals surface area contributed by atoms with Gasteiger partial charge in [-0.05, 0) is 18.4 Å². The van der Waals surface area contributed by atoms with E-state index in [9.17, 15) is 9.90 Å². The van der Waals surface area contributed by atoms with Gasteiger partial charge in [-0.1, -0.05) is 30.3 Å². The highest BCUT2D eigenvalue weighted by Crippen LogP contribution is 2.29. The summed E-state index contributed by atoms with van der Waals surface area (Å²) in [6.07, 6.45) is 0.140. The van der Waals surface area contributed by atoms with Gasteiger partial charge >= 0.3 is 5.97 Å². The smallest absolute Gasteiger partial charge is 0.309 e. The first-order chi connectivity index (χ1) is 8.70. The van der Waals surface area contributed by atoms with Crippen LogP contribution in [0.4, 0.5) is 0 Å². The van der Waals surface area contributed by atoms with Gasteiger partial charge in [-0.2, -0.15) is 0 Å². The number of hydrogen-bond donors (Lipinski definition) is 1. The molecule has 2 rings (SSSR count). The van der Waals surface area contributed by atoms with E-state index in [4.69, 9.17) is 9.47 Å². The number of carbonyl (C=O) groups is 1. The summed E-state index contributed by atoms with van der Waals surface area (Å²) in [7, 11) is 1.55. The number of benzene rings is 1. The lowest BCUT2D eigenvalue weighted by molar-refractivity contribution is -0.150. The van der Waals surface area contributed by atoms with Gasteiger partial charge in [0.1, 0.15) is 6.61 Å². The standard InChI is InChI=1S/C14H18O4/c1-17-13-8-11(7-12(13)15)14(16)18-9-10-5-3-2-4-6-10/h2-6,11-13,15H,7-9H2,1H3. The molecule has 0 heterocycles. The predicted molar refractivity (Wildman–Crippen MR) is 65.8 cm³/mol. The first-order valence-corrected chi connectivity index (χ1v) is 6.12. The monoisotopic (exact) mass is 250 g/mol. The summed E-state index contributed by atoms with van der Waals surface area (Å²) in [5, 5.41) is 9.66. The summed E-state index contributed by atoms with van der Waals surface area (Å²) in [6, 6.07) is 9.55. The fraction of sp³-hybridized carbons (Fsp3) is 0.500. The van der Waals surface area contributed by atoms with Crippen LogP contribution in [0.3, 0.4) is 0 Å². The molecule has 1 fully saturated rings. The Labute approximate surface area is 107 Å². The summed E-state index contributed by atoms with van der Waals surface area (Å²) in [5.41, 5.74) is 0.965. The first-order valence-electron chi connectivity index (χ1n) is 6.12. The molecule has 4 heteroatoms. The molecule has 0 bridgehead atoms. The van der Waals surface area contributed by atoms with E-state index in [1.807, 2.05) is 30.3 Å². The number of aliphatic hydroxyl groups is 1. The maximum atomic E-state index is 11.8. The van der Waals surface area contributed by atoms with Crippen LogP contribution in [0, 0.1) is 5.92 Å². The Balaban J connectivity index is 1.82. The molecule has 1 aliphatic carbocycles. The fourth-order valence-corrected chi connectivity index (χ4v) is 2.27. The van der Waals surface area contributed by atoms with Gasteiger partial charge in [0.15, 0.2) is 0 Å².